The predicted molar refractivity (Wildman–Crippen MR) is 62.3 cm³/mol. The molecule has 14 heavy (non-hydrogen) atoms. The standard InChI is InChI=1S/C12H26N2/c1-10(2)7-12(4,9-13)14-6-5-11(3)8-14/h10-11H,5-9,13H2,1-4H3. The van der Waals surface area contributed by atoms with Gasteiger partial charge in [0.1, 0.15) is 0 Å². The molecule has 0 aromatic heterocycles. The van der Waals surface area contributed by atoms with Crippen LogP contribution in [0.4, 0.5) is 0 Å². The molecule has 0 aliphatic carbocycles. The maximum absolute atomic E-state index is 5.94. The van der Waals surface area contributed by atoms with Crippen molar-refractivity contribution in [2.45, 2.75) is 46.1 Å². The number of hydrogen-bond acceptors (Lipinski definition) is 2. The van der Waals surface area contributed by atoms with Crippen LogP contribution in [0.25, 0.3) is 0 Å². The molecule has 1 rings (SSSR count). The van der Waals surface area contributed by atoms with Crippen LogP contribution in [0.15, 0.2) is 0 Å². The fraction of sp³-hybridized carbons (Fsp3) is 1.00. The van der Waals surface area contributed by atoms with Gasteiger partial charge in [0, 0.05) is 18.6 Å². The Morgan fingerprint density at radius 2 is 2.14 bits per heavy atom. The molecule has 0 radical (unpaired) electrons. The number of nitrogens with two attached hydrogens (primary N) is 1. The highest BCUT2D eigenvalue weighted by atomic mass is 15.2. The third-order valence-electron chi connectivity index (χ3n) is 3.48. The molecule has 1 aliphatic rings. The number of rotatable bonds is 4. The molecule has 0 amide bonds. The molecule has 2 N–H and O–H groups in total. The van der Waals surface area contributed by atoms with Gasteiger partial charge in [-0.1, -0.05) is 20.8 Å². The van der Waals surface area contributed by atoms with Gasteiger partial charge in [-0.2, -0.15) is 0 Å². The first-order valence-corrected chi connectivity index (χ1v) is 5.93. The molecular weight excluding hydrogens is 172 g/mol. The Kier molecular flexibility index (Phi) is 3.96. The Hall–Kier alpha value is -0.0800. The SMILES string of the molecule is CC(C)CC(C)(CN)N1CCC(C)C1. The van der Waals surface area contributed by atoms with Crippen molar-refractivity contribution in [3.63, 3.8) is 0 Å². The first-order valence-electron chi connectivity index (χ1n) is 5.93. The third-order valence-corrected chi connectivity index (χ3v) is 3.48. The zero-order valence-corrected chi connectivity index (χ0v) is 10.2. The number of likely N-dealkylation sites (tertiary alicyclic amines) is 1. The fourth-order valence-electron chi connectivity index (χ4n) is 2.65. The highest BCUT2D eigenvalue weighted by molar-refractivity contribution is 4.91. The van der Waals surface area contributed by atoms with E-state index in [-0.39, 0.29) is 5.54 Å². The lowest BCUT2D eigenvalue weighted by Crippen LogP contribution is -2.51. The summed E-state index contributed by atoms with van der Waals surface area (Å²) in [6.07, 6.45) is 2.56. The highest BCUT2D eigenvalue weighted by Gasteiger charge is 2.34. The molecule has 2 atom stereocenters. The van der Waals surface area contributed by atoms with Crippen molar-refractivity contribution >= 4 is 0 Å². The van der Waals surface area contributed by atoms with E-state index in [9.17, 15) is 0 Å². The summed E-state index contributed by atoms with van der Waals surface area (Å²) in [5.74, 6) is 1.59. The van der Waals surface area contributed by atoms with Gasteiger partial charge in [0.15, 0.2) is 0 Å². The van der Waals surface area contributed by atoms with E-state index in [1.54, 1.807) is 0 Å². The van der Waals surface area contributed by atoms with Crippen LogP contribution in [0, 0.1) is 11.8 Å². The van der Waals surface area contributed by atoms with Gasteiger partial charge in [0.25, 0.3) is 0 Å². The van der Waals surface area contributed by atoms with Crippen molar-refractivity contribution in [3.8, 4) is 0 Å². The molecular formula is C12H26N2. The summed E-state index contributed by atoms with van der Waals surface area (Å²) in [7, 11) is 0. The van der Waals surface area contributed by atoms with Crippen molar-refractivity contribution in [3.05, 3.63) is 0 Å². The molecule has 0 aromatic carbocycles. The minimum absolute atomic E-state index is 0.235. The van der Waals surface area contributed by atoms with Gasteiger partial charge < -0.3 is 5.73 Å². The quantitative estimate of drug-likeness (QED) is 0.749. The maximum atomic E-state index is 5.94. The Morgan fingerprint density at radius 3 is 2.50 bits per heavy atom. The average molecular weight is 198 g/mol. The zero-order valence-electron chi connectivity index (χ0n) is 10.2. The van der Waals surface area contributed by atoms with E-state index in [4.69, 9.17) is 5.73 Å². The van der Waals surface area contributed by atoms with Crippen molar-refractivity contribution in [1.82, 2.24) is 4.90 Å². The summed E-state index contributed by atoms with van der Waals surface area (Å²) >= 11 is 0. The second kappa shape index (κ2) is 4.63. The topological polar surface area (TPSA) is 29.3 Å². The Morgan fingerprint density at radius 1 is 1.50 bits per heavy atom. The summed E-state index contributed by atoms with van der Waals surface area (Å²) in [6.45, 7) is 12.5. The fourth-order valence-corrected chi connectivity index (χ4v) is 2.65. The summed E-state index contributed by atoms with van der Waals surface area (Å²) in [5, 5.41) is 0. The van der Waals surface area contributed by atoms with Gasteiger partial charge in [-0.25, -0.2) is 0 Å². The first-order chi connectivity index (χ1) is 6.48. The number of hydrogen-bond donors (Lipinski definition) is 1. The van der Waals surface area contributed by atoms with Crippen LogP contribution >= 0.6 is 0 Å². The zero-order chi connectivity index (χ0) is 10.8. The molecule has 0 spiro atoms. The van der Waals surface area contributed by atoms with Crippen molar-refractivity contribution < 1.29 is 0 Å². The van der Waals surface area contributed by atoms with Gasteiger partial charge in [0.2, 0.25) is 0 Å². The molecule has 1 aliphatic heterocycles. The minimum atomic E-state index is 0.235. The van der Waals surface area contributed by atoms with Crippen LogP contribution in [0.1, 0.15) is 40.5 Å². The van der Waals surface area contributed by atoms with Crippen molar-refractivity contribution in [2.75, 3.05) is 19.6 Å². The second-order valence-electron chi connectivity index (χ2n) is 5.64. The Labute approximate surface area is 88.8 Å². The average Bonchev–Trinajstić information content (AvgIpc) is 2.51. The van der Waals surface area contributed by atoms with Gasteiger partial charge in [-0.15, -0.1) is 0 Å². The van der Waals surface area contributed by atoms with E-state index in [0.717, 1.165) is 18.4 Å². The van der Waals surface area contributed by atoms with Crippen LogP contribution in [-0.4, -0.2) is 30.1 Å². The van der Waals surface area contributed by atoms with Gasteiger partial charge in [-0.05, 0) is 38.1 Å². The third kappa shape index (κ3) is 2.71. The Balaban J connectivity index is 2.59. The van der Waals surface area contributed by atoms with E-state index >= 15 is 0 Å². The van der Waals surface area contributed by atoms with Crippen LogP contribution in [0.3, 0.4) is 0 Å². The monoisotopic (exact) mass is 198 g/mol. The molecule has 2 nitrogen and oxygen atoms in total. The Bertz CT molecular complexity index is 179. The van der Waals surface area contributed by atoms with Crippen molar-refractivity contribution in [2.24, 2.45) is 17.6 Å². The van der Waals surface area contributed by atoms with E-state index in [2.05, 4.69) is 32.6 Å². The lowest BCUT2D eigenvalue weighted by molar-refractivity contribution is 0.113. The van der Waals surface area contributed by atoms with Crippen LogP contribution < -0.4 is 5.73 Å². The number of nitrogens with zero attached hydrogens (tertiary/aromatic N) is 1. The van der Waals surface area contributed by atoms with Crippen LogP contribution in [0.2, 0.25) is 0 Å². The smallest absolute Gasteiger partial charge is 0.0306 e. The molecule has 0 aromatic rings. The van der Waals surface area contributed by atoms with E-state index in [0.29, 0.717) is 0 Å². The first kappa shape index (κ1) is 12.0. The molecule has 2 heteroatoms. The van der Waals surface area contributed by atoms with E-state index in [1.807, 2.05) is 0 Å². The summed E-state index contributed by atoms with van der Waals surface area (Å²) in [5.41, 5.74) is 6.17. The highest BCUT2D eigenvalue weighted by Crippen LogP contribution is 2.28. The van der Waals surface area contributed by atoms with Crippen LogP contribution in [-0.2, 0) is 0 Å². The van der Waals surface area contributed by atoms with E-state index in [1.165, 1.54) is 25.9 Å². The predicted octanol–water partition coefficient (Wildman–Crippen LogP) is 2.09. The molecule has 0 saturated carbocycles. The van der Waals surface area contributed by atoms with Crippen molar-refractivity contribution in [1.29, 1.82) is 0 Å². The maximum Gasteiger partial charge on any atom is 0.0306 e. The normalized spacial score (nSPS) is 28.3. The van der Waals surface area contributed by atoms with Gasteiger partial charge in [-0.3, -0.25) is 4.90 Å². The summed E-state index contributed by atoms with van der Waals surface area (Å²) in [6, 6.07) is 0. The van der Waals surface area contributed by atoms with Gasteiger partial charge in [0.05, 0.1) is 0 Å². The molecule has 1 saturated heterocycles. The molecule has 1 heterocycles. The lowest BCUT2D eigenvalue weighted by atomic mass is 9.89. The summed E-state index contributed by atoms with van der Waals surface area (Å²) in [4.78, 5) is 2.59. The molecule has 0 bridgehead atoms. The minimum Gasteiger partial charge on any atom is -0.329 e. The second-order valence-corrected chi connectivity index (χ2v) is 5.64. The molecule has 1 fully saturated rings. The van der Waals surface area contributed by atoms with E-state index < -0.39 is 0 Å². The molecule has 84 valence electrons. The summed E-state index contributed by atoms with van der Waals surface area (Å²) < 4.78 is 0. The van der Waals surface area contributed by atoms with Gasteiger partial charge >= 0.3 is 0 Å². The van der Waals surface area contributed by atoms with Crippen LogP contribution in [0.5, 0.6) is 0 Å². The largest absolute Gasteiger partial charge is 0.329 e. The molecule has 2 unspecified atom stereocenters. The lowest BCUT2D eigenvalue weighted by Gasteiger charge is -2.39.